The predicted octanol–water partition coefficient (Wildman–Crippen LogP) is 7.04. The number of aryl methyl sites for hydroxylation is 1. The average molecular weight is 520 g/mol. The monoisotopic (exact) mass is 519 g/mol. The first kappa shape index (κ1) is 27.7. The van der Waals surface area contributed by atoms with Crippen molar-refractivity contribution in [2.45, 2.75) is 72.8 Å². The molecule has 1 saturated heterocycles. The van der Waals surface area contributed by atoms with Crippen LogP contribution in [0, 0.1) is 11.3 Å². The summed E-state index contributed by atoms with van der Waals surface area (Å²) < 4.78 is 17.2. The van der Waals surface area contributed by atoms with E-state index in [1.807, 2.05) is 65.8 Å². The fraction of sp³-hybridized carbons (Fsp3) is 0.500. The molecule has 6 heteroatoms. The Morgan fingerprint density at radius 2 is 1.68 bits per heavy atom. The number of carbonyl (C=O) groups excluding carboxylic acids is 2. The number of rotatable bonds is 5. The molecule has 2 aromatic rings. The predicted molar refractivity (Wildman–Crippen MR) is 149 cm³/mol. The summed E-state index contributed by atoms with van der Waals surface area (Å²) in [7, 11) is 0. The van der Waals surface area contributed by atoms with Crippen molar-refractivity contribution in [1.29, 1.82) is 0 Å². The molecule has 38 heavy (non-hydrogen) atoms. The van der Waals surface area contributed by atoms with Crippen LogP contribution in [0.4, 0.5) is 4.79 Å². The van der Waals surface area contributed by atoms with Gasteiger partial charge in [-0.2, -0.15) is 0 Å². The highest BCUT2D eigenvalue weighted by Crippen LogP contribution is 2.34. The second-order valence-corrected chi connectivity index (χ2v) is 12.4. The van der Waals surface area contributed by atoms with Crippen LogP contribution in [0.25, 0.3) is 5.57 Å². The second-order valence-electron chi connectivity index (χ2n) is 12.4. The van der Waals surface area contributed by atoms with Gasteiger partial charge in [0.2, 0.25) is 0 Å². The van der Waals surface area contributed by atoms with Gasteiger partial charge >= 0.3 is 12.1 Å². The van der Waals surface area contributed by atoms with Crippen LogP contribution in [-0.4, -0.2) is 42.3 Å². The summed E-state index contributed by atoms with van der Waals surface area (Å²) in [6.45, 7) is 13.2. The van der Waals surface area contributed by atoms with E-state index >= 15 is 0 Å². The molecule has 0 saturated carbocycles. The van der Waals surface area contributed by atoms with E-state index in [2.05, 4.69) is 24.3 Å². The molecule has 1 heterocycles. The van der Waals surface area contributed by atoms with Crippen LogP contribution in [-0.2, 0) is 16.0 Å². The lowest BCUT2D eigenvalue weighted by Gasteiger charge is -2.24. The number of hydrogen-bond donors (Lipinski definition) is 0. The molecule has 6 nitrogen and oxygen atoms in total. The van der Waals surface area contributed by atoms with Gasteiger partial charge in [0, 0.05) is 19.0 Å². The number of likely N-dealkylation sites (tertiary alicyclic amines) is 1. The number of carbonyl (C=O) groups is 2. The summed E-state index contributed by atoms with van der Waals surface area (Å²) in [5.41, 5.74) is 3.68. The summed E-state index contributed by atoms with van der Waals surface area (Å²) in [5.74, 6) is 1.49. The summed E-state index contributed by atoms with van der Waals surface area (Å²) in [6, 6.07) is 14.2. The van der Waals surface area contributed by atoms with Crippen molar-refractivity contribution in [2.24, 2.45) is 11.3 Å². The van der Waals surface area contributed by atoms with Gasteiger partial charge in [-0.15, -0.1) is 0 Å². The Balaban J connectivity index is 1.38. The van der Waals surface area contributed by atoms with Crippen molar-refractivity contribution in [3.8, 4) is 11.5 Å². The van der Waals surface area contributed by atoms with Gasteiger partial charge in [0.1, 0.15) is 17.1 Å². The van der Waals surface area contributed by atoms with Crippen LogP contribution in [0.3, 0.4) is 0 Å². The Morgan fingerprint density at radius 1 is 0.974 bits per heavy atom. The SMILES string of the molecule is CC(C)(C)OC(=O)N1CCC(COc2ccc(C3=CCCCc4cc(OC(=O)C(C)(C)C)ccc43)cc2)C1. The quantitative estimate of drug-likeness (QED) is 0.313. The molecule has 0 N–H and O–H groups in total. The number of esters is 1. The zero-order valence-corrected chi connectivity index (χ0v) is 23.6. The summed E-state index contributed by atoms with van der Waals surface area (Å²) in [5, 5.41) is 0. The van der Waals surface area contributed by atoms with E-state index in [1.54, 1.807) is 4.90 Å². The maximum atomic E-state index is 12.4. The molecule has 0 radical (unpaired) electrons. The van der Waals surface area contributed by atoms with Crippen molar-refractivity contribution in [3.63, 3.8) is 0 Å². The minimum Gasteiger partial charge on any atom is -0.493 e. The van der Waals surface area contributed by atoms with Gasteiger partial charge in [-0.25, -0.2) is 4.79 Å². The largest absolute Gasteiger partial charge is 0.493 e. The lowest BCUT2D eigenvalue weighted by atomic mass is 9.93. The molecule has 1 amide bonds. The van der Waals surface area contributed by atoms with E-state index in [4.69, 9.17) is 14.2 Å². The van der Waals surface area contributed by atoms with E-state index < -0.39 is 11.0 Å². The van der Waals surface area contributed by atoms with E-state index in [0.29, 0.717) is 31.4 Å². The second kappa shape index (κ2) is 11.2. The van der Waals surface area contributed by atoms with Crippen LogP contribution in [0.5, 0.6) is 11.5 Å². The van der Waals surface area contributed by atoms with Crippen molar-refractivity contribution in [1.82, 2.24) is 4.90 Å². The Hall–Kier alpha value is -3.28. The average Bonchev–Trinajstić information content (AvgIpc) is 3.22. The Kier molecular flexibility index (Phi) is 8.19. The number of amides is 1. The molecule has 4 rings (SSSR count). The van der Waals surface area contributed by atoms with Crippen LogP contribution in [0.2, 0.25) is 0 Å². The van der Waals surface area contributed by atoms with Crippen LogP contribution < -0.4 is 9.47 Å². The highest BCUT2D eigenvalue weighted by atomic mass is 16.6. The van der Waals surface area contributed by atoms with Gasteiger partial charge in [0.25, 0.3) is 0 Å². The van der Waals surface area contributed by atoms with E-state index in [1.165, 1.54) is 16.7 Å². The van der Waals surface area contributed by atoms with Gasteiger partial charge in [-0.05, 0) is 114 Å². The van der Waals surface area contributed by atoms with Gasteiger partial charge in [-0.3, -0.25) is 4.79 Å². The highest BCUT2D eigenvalue weighted by molar-refractivity contribution is 5.83. The molecule has 1 aliphatic heterocycles. The summed E-state index contributed by atoms with van der Waals surface area (Å²) >= 11 is 0. The third kappa shape index (κ3) is 7.18. The van der Waals surface area contributed by atoms with Crippen molar-refractivity contribution < 1.29 is 23.8 Å². The molecular weight excluding hydrogens is 478 g/mol. The van der Waals surface area contributed by atoms with Gasteiger partial charge in [-0.1, -0.05) is 24.3 Å². The first-order valence-electron chi connectivity index (χ1n) is 13.7. The van der Waals surface area contributed by atoms with Crippen molar-refractivity contribution >= 4 is 17.6 Å². The van der Waals surface area contributed by atoms with E-state index in [9.17, 15) is 9.59 Å². The third-order valence-corrected chi connectivity index (χ3v) is 6.78. The third-order valence-electron chi connectivity index (χ3n) is 6.78. The minimum absolute atomic E-state index is 0.229. The maximum absolute atomic E-state index is 12.4. The lowest BCUT2D eigenvalue weighted by Crippen LogP contribution is -2.35. The summed E-state index contributed by atoms with van der Waals surface area (Å²) in [6.07, 6.45) is 5.95. The zero-order valence-electron chi connectivity index (χ0n) is 23.6. The number of ether oxygens (including phenoxy) is 3. The maximum Gasteiger partial charge on any atom is 0.410 e. The number of nitrogens with zero attached hydrogens (tertiary/aromatic N) is 1. The van der Waals surface area contributed by atoms with E-state index in [0.717, 1.165) is 37.0 Å². The first-order chi connectivity index (χ1) is 17.9. The minimum atomic E-state index is -0.545. The lowest BCUT2D eigenvalue weighted by molar-refractivity contribution is -0.143. The number of hydrogen-bond acceptors (Lipinski definition) is 5. The molecule has 1 atom stereocenters. The van der Waals surface area contributed by atoms with Crippen molar-refractivity contribution in [2.75, 3.05) is 19.7 Å². The zero-order chi connectivity index (χ0) is 27.5. The first-order valence-corrected chi connectivity index (χ1v) is 13.7. The van der Waals surface area contributed by atoms with Gasteiger partial charge in [0.05, 0.1) is 12.0 Å². The topological polar surface area (TPSA) is 65.1 Å². The molecule has 204 valence electrons. The number of benzene rings is 2. The molecule has 2 aliphatic rings. The molecule has 0 spiro atoms. The highest BCUT2D eigenvalue weighted by Gasteiger charge is 2.30. The van der Waals surface area contributed by atoms with Crippen LogP contribution in [0.15, 0.2) is 48.5 Å². The molecule has 2 aromatic carbocycles. The van der Waals surface area contributed by atoms with Crippen LogP contribution in [0.1, 0.15) is 77.5 Å². The van der Waals surface area contributed by atoms with Gasteiger partial charge in [0.15, 0.2) is 0 Å². The summed E-state index contributed by atoms with van der Waals surface area (Å²) in [4.78, 5) is 26.4. The molecule has 1 fully saturated rings. The molecule has 1 unspecified atom stereocenters. The normalized spacial score (nSPS) is 17.8. The molecule has 0 bridgehead atoms. The van der Waals surface area contributed by atoms with Crippen LogP contribution >= 0.6 is 0 Å². The smallest absolute Gasteiger partial charge is 0.410 e. The fourth-order valence-electron chi connectivity index (χ4n) is 4.69. The fourth-order valence-corrected chi connectivity index (χ4v) is 4.69. The number of allylic oxidation sites excluding steroid dienone is 1. The molecular formula is C32H41NO5. The molecule has 0 aromatic heterocycles. The molecule has 1 aliphatic carbocycles. The standard InChI is InChI=1S/C32H41NO5/c1-31(2,3)29(34)37-26-15-16-28-24(19-26)9-7-8-10-27(28)23-11-13-25(14-12-23)36-21-22-17-18-33(20-22)30(35)38-32(4,5)6/h10-16,19,22H,7-9,17-18,20-21H2,1-6H3. The number of fused-ring (bicyclic) bond motifs is 1. The Bertz CT molecular complexity index is 1180. The van der Waals surface area contributed by atoms with Crippen molar-refractivity contribution in [3.05, 3.63) is 65.2 Å². The Morgan fingerprint density at radius 3 is 2.37 bits per heavy atom. The Labute approximate surface area is 227 Å². The van der Waals surface area contributed by atoms with Gasteiger partial charge < -0.3 is 19.1 Å². The van der Waals surface area contributed by atoms with E-state index in [-0.39, 0.29) is 12.1 Å².